The third-order valence-corrected chi connectivity index (χ3v) is 4.80. The molecule has 0 radical (unpaired) electrons. The Morgan fingerprint density at radius 1 is 1.00 bits per heavy atom. The van der Waals surface area contributed by atoms with E-state index < -0.39 is 5.82 Å². The molecular formula is C21H24FN3O2. The zero-order valence-corrected chi connectivity index (χ0v) is 15.5. The van der Waals surface area contributed by atoms with Crippen molar-refractivity contribution in [3.05, 3.63) is 60.4 Å². The Labute approximate surface area is 159 Å². The lowest BCUT2D eigenvalue weighted by Gasteiger charge is -2.36. The first-order chi connectivity index (χ1) is 13.0. The van der Waals surface area contributed by atoms with Gasteiger partial charge in [-0.3, -0.25) is 9.59 Å². The predicted octanol–water partition coefficient (Wildman–Crippen LogP) is 2.92. The van der Waals surface area contributed by atoms with E-state index in [1.54, 1.807) is 12.1 Å². The molecule has 0 saturated carbocycles. The summed E-state index contributed by atoms with van der Waals surface area (Å²) in [5.41, 5.74) is 1.64. The number of rotatable bonds is 5. The fourth-order valence-electron chi connectivity index (χ4n) is 3.33. The maximum atomic E-state index is 13.4. The molecular weight excluding hydrogens is 345 g/mol. The van der Waals surface area contributed by atoms with Gasteiger partial charge in [0, 0.05) is 57.4 Å². The Hall–Kier alpha value is -2.89. The summed E-state index contributed by atoms with van der Waals surface area (Å²) in [4.78, 5) is 30.0. The highest BCUT2D eigenvalue weighted by molar-refractivity contribution is 5.92. The Morgan fingerprint density at radius 2 is 1.70 bits per heavy atom. The van der Waals surface area contributed by atoms with Crippen LogP contribution in [-0.2, 0) is 9.59 Å². The normalized spacial score (nSPS) is 14.1. The van der Waals surface area contributed by atoms with Crippen LogP contribution in [0, 0.1) is 5.82 Å². The van der Waals surface area contributed by atoms with Gasteiger partial charge < -0.3 is 14.7 Å². The summed E-state index contributed by atoms with van der Waals surface area (Å²) in [7, 11) is 0. The average molecular weight is 369 g/mol. The third kappa shape index (κ3) is 4.84. The summed E-state index contributed by atoms with van der Waals surface area (Å²) >= 11 is 0. The van der Waals surface area contributed by atoms with E-state index in [0.717, 1.165) is 13.1 Å². The number of hydrogen-bond acceptors (Lipinski definition) is 3. The molecule has 27 heavy (non-hydrogen) atoms. The van der Waals surface area contributed by atoms with Gasteiger partial charge in [-0.1, -0.05) is 24.3 Å². The molecule has 3 rings (SSSR count). The van der Waals surface area contributed by atoms with Crippen molar-refractivity contribution in [3.63, 3.8) is 0 Å². The molecule has 0 unspecified atom stereocenters. The van der Waals surface area contributed by atoms with E-state index in [1.165, 1.54) is 29.6 Å². The highest BCUT2D eigenvalue weighted by atomic mass is 19.1. The quantitative estimate of drug-likeness (QED) is 0.814. The van der Waals surface area contributed by atoms with Gasteiger partial charge in [0.05, 0.1) is 0 Å². The molecule has 0 atom stereocenters. The molecule has 2 amide bonds. The van der Waals surface area contributed by atoms with Gasteiger partial charge in [-0.25, -0.2) is 4.39 Å². The number of carbonyl (C=O) groups is 2. The lowest BCUT2D eigenvalue weighted by molar-refractivity contribution is -0.131. The molecule has 1 aliphatic heterocycles. The van der Waals surface area contributed by atoms with Crippen LogP contribution in [0.2, 0.25) is 0 Å². The van der Waals surface area contributed by atoms with Crippen molar-refractivity contribution in [2.45, 2.75) is 13.3 Å². The molecule has 142 valence electrons. The Morgan fingerprint density at radius 3 is 2.33 bits per heavy atom. The van der Waals surface area contributed by atoms with E-state index in [9.17, 15) is 14.0 Å². The molecule has 2 aromatic rings. The molecule has 0 bridgehead atoms. The van der Waals surface area contributed by atoms with Gasteiger partial charge in [0.25, 0.3) is 0 Å². The van der Waals surface area contributed by atoms with E-state index in [1.807, 2.05) is 23.1 Å². The van der Waals surface area contributed by atoms with Crippen molar-refractivity contribution >= 4 is 23.2 Å². The Kier molecular flexibility index (Phi) is 6.06. The van der Waals surface area contributed by atoms with Gasteiger partial charge in [-0.15, -0.1) is 0 Å². The molecule has 1 saturated heterocycles. The van der Waals surface area contributed by atoms with Gasteiger partial charge in [0.1, 0.15) is 5.82 Å². The number of hydrogen-bond donors (Lipinski definition) is 0. The van der Waals surface area contributed by atoms with Gasteiger partial charge in [0.2, 0.25) is 11.8 Å². The zero-order chi connectivity index (χ0) is 19.2. The van der Waals surface area contributed by atoms with Crippen molar-refractivity contribution in [2.75, 3.05) is 42.5 Å². The second kappa shape index (κ2) is 8.66. The van der Waals surface area contributed by atoms with Gasteiger partial charge >= 0.3 is 0 Å². The summed E-state index contributed by atoms with van der Waals surface area (Å²) in [5.74, 6) is -0.588. The molecule has 5 nitrogen and oxygen atoms in total. The van der Waals surface area contributed by atoms with E-state index in [2.05, 4.69) is 17.0 Å². The Balaban J connectivity index is 1.54. The lowest BCUT2D eigenvalue weighted by atomic mass is 10.2. The number of nitrogens with zero attached hydrogens (tertiary/aromatic N) is 3. The van der Waals surface area contributed by atoms with E-state index in [-0.39, 0.29) is 24.8 Å². The van der Waals surface area contributed by atoms with Crippen LogP contribution in [0.5, 0.6) is 0 Å². The largest absolute Gasteiger partial charge is 0.368 e. The molecule has 2 aromatic carbocycles. The number of piperazine rings is 1. The van der Waals surface area contributed by atoms with Crippen molar-refractivity contribution in [1.82, 2.24) is 4.90 Å². The predicted molar refractivity (Wildman–Crippen MR) is 104 cm³/mol. The summed E-state index contributed by atoms with van der Waals surface area (Å²) in [5, 5.41) is 0. The maximum Gasteiger partial charge on any atom is 0.224 e. The number of carbonyl (C=O) groups excluding carboxylic acids is 2. The van der Waals surface area contributed by atoms with Crippen molar-refractivity contribution in [2.24, 2.45) is 0 Å². The van der Waals surface area contributed by atoms with E-state index in [0.29, 0.717) is 18.8 Å². The minimum atomic E-state index is -0.401. The first kappa shape index (κ1) is 18.9. The van der Waals surface area contributed by atoms with Gasteiger partial charge in [0.15, 0.2) is 0 Å². The van der Waals surface area contributed by atoms with E-state index in [4.69, 9.17) is 0 Å². The molecule has 0 N–H and O–H groups in total. The van der Waals surface area contributed by atoms with Crippen molar-refractivity contribution < 1.29 is 14.0 Å². The summed E-state index contributed by atoms with van der Waals surface area (Å²) in [6, 6.07) is 16.0. The number of benzene rings is 2. The fraction of sp³-hybridized carbons (Fsp3) is 0.333. The second-order valence-electron chi connectivity index (χ2n) is 6.60. The zero-order valence-electron chi connectivity index (χ0n) is 15.5. The second-order valence-corrected chi connectivity index (χ2v) is 6.60. The number of anilines is 2. The summed E-state index contributed by atoms with van der Waals surface area (Å²) in [6.45, 7) is 4.57. The Bertz CT molecular complexity index is 789. The van der Waals surface area contributed by atoms with Crippen LogP contribution in [0.15, 0.2) is 54.6 Å². The smallest absolute Gasteiger partial charge is 0.224 e. The molecule has 1 heterocycles. The highest BCUT2D eigenvalue weighted by Gasteiger charge is 2.22. The minimum Gasteiger partial charge on any atom is -0.368 e. The van der Waals surface area contributed by atoms with E-state index >= 15 is 0 Å². The number of amides is 2. The molecule has 0 aromatic heterocycles. The summed E-state index contributed by atoms with van der Waals surface area (Å²) in [6.07, 6.45) is 0.224. The topological polar surface area (TPSA) is 43.9 Å². The first-order valence-electron chi connectivity index (χ1n) is 9.16. The average Bonchev–Trinajstić information content (AvgIpc) is 2.68. The van der Waals surface area contributed by atoms with Crippen LogP contribution in [0.25, 0.3) is 0 Å². The van der Waals surface area contributed by atoms with Crippen LogP contribution in [0.1, 0.15) is 13.3 Å². The standard InChI is InChI=1S/C21H24FN3O2/c1-17(26)25(20-9-5-6-18(22)16-20)11-10-21(27)24-14-12-23(13-15-24)19-7-3-2-4-8-19/h2-9,16H,10-15H2,1H3. The monoisotopic (exact) mass is 369 g/mol. The van der Waals surface area contributed by atoms with Crippen LogP contribution < -0.4 is 9.80 Å². The molecule has 1 fully saturated rings. The fourth-order valence-corrected chi connectivity index (χ4v) is 3.33. The van der Waals surface area contributed by atoms with Crippen molar-refractivity contribution in [3.8, 4) is 0 Å². The number of para-hydroxylation sites is 1. The molecule has 6 heteroatoms. The van der Waals surface area contributed by atoms with Crippen LogP contribution in [0.4, 0.5) is 15.8 Å². The third-order valence-electron chi connectivity index (χ3n) is 4.80. The molecule has 0 spiro atoms. The highest BCUT2D eigenvalue weighted by Crippen LogP contribution is 2.18. The minimum absolute atomic E-state index is 0.0189. The van der Waals surface area contributed by atoms with Gasteiger partial charge in [-0.05, 0) is 30.3 Å². The maximum absolute atomic E-state index is 13.4. The van der Waals surface area contributed by atoms with Gasteiger partial charge in [-0.2, -0.15) is 0 Å². The first-order valence-corrected chi connectivity index (χ1v) is 9.16. The SMILES string of the molecule is CC(=O)N(CCC(=O)N1CCN(c2ccccc2)CC1)c1cccc(F)c1. The van der Waals surface area contributed by atoms with Crippen LogP contribution in [-0.4, -0.2) is 49.4 Å². The lowest BCUT2D eigenvalue weighted by Crippen LogP contribution is -2.49. The van der Waals surface area contributed by atoms with Crippen LogP contribution >= 0.6 is 0 Å². The molecule has 1 aliphatic rings. The number of halogens is 1. The summed E-state index contributed by atoms with van der Waals surface area (Å²) < 4.78 is 13.4. The van der Waals surface area contributed by atoms with Crippen molar-refractivity contribution in [1.29, 1.82) is 0 Å². The van der Waals surface area contributed by atoms with Crippen LogP contribution in [0.3, 0.4) is 0 Å². The molecule has 0 aliphatic carbocycles.